The number of rotatable bonds is 13. The van der Waals surface area contributed by atoms with Crippen LogP contribution in [0.1, 0.15) is 33.6 Å². The second-order valence-electron chi connectivity index (χ2n) is 5.65. The Balaban J connectivity index is 2.95. The normalized spacial score (nSPS) is 13.4. The molecule has 0 bridgehead atoms. The SMILES string of the molecule is CCO[S+](OCC)C(C)CCN(c1ccccc1)[C@@H](CC(=O)O)C(=O)O. The molecule has 146 valence electrons. The predicted octanol–water partition coefficient (Wildman–Crippen LogP) is 2.72. The zero-order chi connectivity index (χ0) is 19.5. The third-order valence-corrected chi connectivity index (χ3v) is 5.52. The first-order chi connectivity index (χ1) is 12.4. The molecule has 0 amide bonds. The Hall–Kier alpha value is -1.77. The van der Waals surface area contributed by atoms with Crippen LogP contribution in [0, 0.1) is 0 Å². The van der Waals surface area contributed by atoms with Crippen LogP contribution in [-0.4, -0.2) is 53.2 Å². The van der Waals surface area contributed by atoms with E-state index in [1.54, 1.807) is 29.2 Å². The van der Waals surface area contributed by atoms with E-state index in [4.69, 9.17) is 13.5 Å². The maximum Gasteiger partial charge on any atom is 0.326 e. The van der Waals surface area contributed by atoms with Gasteiger partial charge in [-0.15, -0.1) is 8.37 Å². The molecule has 1 unspecified atom stereocenters. The lowest BCUT2D eigenvalue weighted by Crippen LogP contribution is -2.44. The van der Waals surface area contributed by atoms with Gasteiger partial charge in [-0.25, -0.2) is 4.79 Å². The Kier molecular flexibility index (Phi) is 10.1. The van der Waals surface area contributed by atoms with E-state index in [0.717, 1.165) is 0 Å². The van der Waals surface area contributed by atoms with Crippen LogP contribution in [-0.2, 0) is 29.4 Å². The summed E-state index contributed by atoms with van der Waals surface area (Å²) < 4.78 is 11.3. The van der Waals surface area contributed by atoms with Gasteiger partial charge in [0, 0.05) is 18.7 Å². The Morgan fingerprint density at radius 1 is 1.12 bits per heavy atom. The van der Waals surface area contributed by atoms with Crippen LogP contribution in [0.25, 0.3) is 0 Å². The summed E-state index contributed by atoms with van der Waals surface area (Å²) in [6.07, 6.45) is 0.142. The van der Waals surface area contributed by atoms with Gasteiger partial charge >= 0.3 is 23.4 Å². The quantitative estimate of drug-likeness (QED) is 0.503. The van der Waals surface area contributed by atoms with Crippen molar-refractivity contribution in [1.29, 1.82) is 0 Å². The van der Waals surface area contributed by atoms with E-state index in [1.807, 2.05) is 26.8 Å². The van der Waals surface area contributed by atoms with E-state index in [-0.39, 0.29) is 5.25 Å². The van der Waals surface area contributed by atoms with Crippen molar-refractivity contribution < 1.29 is 28.2 Å². The highest BCUT2D eigenvalue weighted by atomic mass is 32.2. The molecule has 0 saturated heterocycles. The maximum atomic E-state index is 11.7. The van der Waals surface area contributed by atoms with Gasteiger partial charge in [0.05, 0.1) is 6.42 Å². The highest BCUT2D eigenvalue weighted by Crippen LogP contribution is 2.22. The van der Waals surface area contributed by atoms with Crippen molar-refractivity contribution in [3.8, 4) is 0 Å². The molecule has 0 saturated carbocycles. The first-order valence-corrected chi connectivity index (χ1v) is 9.80. The van der Waals surface area contributed by atoms with Gasteiger partial charge in [0.15, 0.2) is 5.25 Å². The van der Waals surface area contributed by atoms with Crippen molar-refractivity contribution in [3.05, 3.63) is 30.3 Å². The third kappa shape index (κ3) is 7.23. The van der Waals surface area contributed by atoms with Gasteiger partial charge in [0.25, 0.3) is 0 Å². The zero-order valence-corrected chi connectivity index (χ0v) is 16.3. The summed E-state index contributed by atoms with van der Waals surface area (Å²) in [5, 5.41) is 18.7. The van der Waals surface area contributed by atoms with Crippen molar-refractivity contribution in [3.63, 3.8) is 0 Å². The molecule has 26 heavy (non-hydrogen) atoms. The molecule has 0 heterocycles. The number of para-hydroxylation sites is 1. The van der Waals surface area contributed by atoms with Crippen molar-refractivity contribution in [2.45, 2.75) is 44.9 Å². The average molecular weight is 386 g/mol. The minimum Gasteiger partial charge on any atom is -0.481 e. The van der Waals surface area contributed by atoms with Crippen molar-refractivity contribution >= 4 is 29.1 Å². The van der Waals surface area contributed by atoms with Gasteiger partial charge in [0.2, 0.25) is 0 Å². The molecule has 0 aliphatic rings. The molecule has 0 radical (unpaired) electrons. The maximum absolute atomic E-state index is 11.7. The van der Waals surface area contributed by atoms with Gasteiger partial charge in [-0.05, 0) is 32.9 Å². The van der Waals surface area contributed by atoms with Crippen LogP contribution >= 0.6 is 0 Å². The van der Waals surface area contributed by atoms with E-state index in [2.05, 4.69) is 0 Å². The van der Waals surface area contributed by atoms with Crippen LogP contribution in [0.2, 0.25) is 0 Å². The number of benzene rings is 1. The highest BCUT2D eigenvalue weighted by molar-refractivity contribution is 7.88. The summed E-state index contributed by atoms with van der Waals surface area (Å²) in [6, 6.07) is 7.87. The summed E-state index contributed by atoms with van der Waals surface area (Å²) >= 11 is -0.667. The van der Waals surface area contributed by atoms with Gasteiger partial charge in [-0.2, -0.15) is 0 Å². The zero-order valence-electron chi connectivity index (χ0n) is 15.5. The fourth-order valence-electron chi connectivity index (χ4n) is 2.50. The van der Waals surface area contributed by atoms with Crippen molar-refractivity contribution in [2.24, 2.45) is 0 Å². The summed E-state index contributed by atoms with van der Waals surface area (Å²) in [7, 11) is 0. The molecule has 0 spiro atoms. The van der Waals surface area contributed by atoms with Gasteiger partial charge in [-0.1, -0.05) is 18.2 Å². The molecule has 0 aliphatic heterocycles. The first kappa shape index (κ1) is 22.3. The Morgan fingerprint density at radius 2 is 1.69 bits per heavy atom. The molecule has 0 fully saturated rings. The van der Waals surface area contributed by atoms with Crippen LogP contribution in [0.15, 0.2) is 30.3 Å². The van der Waals surface area contributed by atoms with Gasteiger partial charge in [-0.3, -0.25) is 4.79 Å². The minimum atomic E-state index is -1.16. The lowest BCUT2D eigenvalue weighted by molar-refractivity contribution is -0.145. The summed E-state index contributed by atoms with van der Waals surface area (Å²) in [5.74, 6) is -2.30. The smallest absolute Gasteiger partial charge is 0.326 e. The molecular weight excluding hydrogens is 358 g/mol. The number of anilines is 1. The van der Waals surface area contributed by atoms with Crippen LogP contribution < -0.4 is 4.90 Å². The molecule has 8 heteroatoms. The monoisotopic (exact) mass is 386 g/mol. The average Bonchev–Trinajstić information content (AvgIpc) is 2.61. The fourth-order valence-corrected chi connectivity index (χ4v) is 3.79. The lowest BCUT2D eigenvalue weighted by atomic mass is 10.1. The summed E-state index contributed by atoms with van der Waals surface area (Å²) in [6.45, 7) is 7.24. The number of carboxylic acid groups (broad SMARTS) is 2. The van der Waals surface area contributed by atoms with E-state index >= 15 is 0 Å². The minimum absolute atomic E-state index is 0.0559. The largest absolute Gasteiger partial charge is 0.481 e. The second kappa shape index (κ2) is 11.8. The van der Waals surface area contributed by atoms with Gasteiger partial charge < -0.3 is 15.1 Å². The van der Waals surface area contributed by atoms with Crippen molar-refractivity contribution in [1.82, 2.24) is 0 Å². The molecule has 1 aromatic rings. The topological polar surface area (TPSA) is 96.3 Å². The predicted molar refractivity (Wildman–Crippen MR) is 102 cm³/mol. The molecule has 0 aromatic heterocycles. The number of hydrogen-bond donors (Lipinski definition) is 2. The van der Waals surface area contributed by atoms with Crippen LogP contribution in [0.3, 0.4) is 0 Å². The molecular formula is C18H28NO6S+. The lowest BCUT2D eigenvalue weighted by Gasteiger charge is -2.30. The molecule has 0 aliphatic carbocycles. The number of carbonyl (C=O) groups is 2. The summed E-state index contributed by atoms with van der Waals surface area (Å²) in [4.78, 5) is 24.4. The first-order valence-electron chi connectivity index (χ1n) is 8.66. The summed E-state index contributed by atoms with van der Waals surface area (Å²) in [5.41, 5.74) is 0.682. The Labute approximate surface area is 157 Å². The molecule has 1 rings (SSSR count). The Bertz CT molecular complexity index is 550. The molecule has 2 N–H and O–H groups in total. The van der Waals surface area contributed by atoms with Crippen LogP contribution in [0.4, 0.5) is 5.69 Å². The van der Waals surface area contributed by atoms with E-state index in [1.165, 1.54) is 0 Å². The fraction of sp³-hybridized carbons (Fsp3) is 0.556. The molecule has 2 atom stereocenters. The number of nitrogens with zero attached hydrogens (tertiary/aromatic N) is 1. The highest BCUT2D eigenvalue weighted by Gasteiger charge is 2.34. The second-order valence-corrected chi connectivity index (χ2v) is 7.45. The van der Waals surface area contributed by atoms with Crippen LogP contribution in [0.5, 0.6) is 0 Å². The Morgan fingerprint density at radius 3 is 2.15 bits per heavy atom. The molecule has 7 nitrogen and oxygen atoms in total. The van der Waals surface area contributed by atoms with E-state index in [0.29, 0.717) is 31.9 Å². The van der Waals surface area contributed by atoms with E-state index < -0.39 is 35.9 Å². The number of aliphatic carboxylic acids is 2. The third-order valence-electron chi connectivity index (χ3n) is 3.69. The van der Waals surface area contributed by atoms with E-state index in [9.17, 15) is 14.7 Å². The standard InChI is InChI=1S/C18H27NO6S/c1-4-24-26(25-5-2)14(3)11-12-19(15-9-7-6-8-10-15)16(18(22)23)13-17(20)21/h6-10,14,16H,4-5,11-13H2,1-3H3,(H-,20,21,22,23)/p+1/t14?,16-/m0/s1. The number of carboxylic acids is 2. The van der Waals surface area contributed by atoms with Gasteiger partial charge in [0.1, 0.15) is 19.3 Å². The van der Waals surface area contributed by atoms with Crippen molar-refractivity contribution in [2.75, 3.05) is 24.7 Å². The number of hydrogen-bond acceptors (Lipinski definition) is 5. The molecule has 1 aromatic carbocycles.